The van der Waals surface area contributed by atoms with Crippen LogP contribution in [0.3, 0.4) is 0 Å². The molecule has 6 nitrogen and oxygen atoms in total. The Bertz CT molecular complexity index is 756. The van der Waals surface area contributed by atoms with E-state index in [1.54, 1.807) is 23.0 Å². The minimum Gasteiger partial charge on any atom is -0.267 e. The summed E-state index contributed by atoms with van der Waals surface area (Å²) in [7, 11) is 0. The first-order chi connectivity index (χ1) is 9.67. The molecular weight excluding hydrogens is 274 g/mol. The van der Waals surface area contributed by atoms with Gasteiger partial charge in [-0.25, -0.2) is 24.3 Å². The fraction of sp³-hybridized carbons (Fsp3) is 0.231. The summed E-state index contributed by atoms with van der Waals surface area (Å²) in [5, 5.41) is 1.05. The zero-order valence-electron chi connectivity index (χ0n) is 11.4. The number of rotatable bonds is 5. The molecule has 0 bridgehead atoms. The van der Waals surface area contributed by atoms with Crippen molar-refractivity contribution < 1.29 is 0 Å². The number of thioether (sulfide) groups is 1. The molecule has 0 saturated heterocycles. The van der Waals surface area contributed by atoms with Crippen LogP contribution in [-0.4, -0.2) is 32.3 Å². The van der Waals surface area contributed by atoms with E-state index >= 15 is 0 Å². The Kier molecular flexibility index (Phi) is 4.19. The van der Waals surface area contributed by atoms with Crippen molar-refractivity contribution in [1.82, 2.24) is 19.3 Å². The molecule has 0 fully saturated rings. The Hall–Kier alpha value is -2.15. The minimum absolute atomic E-state index is 0.171. The van der Waals surface area contributed by atoms with Gasteiger partial charge in [-0.2, -0.15) is 0 Å². The van der Waals surface area contributed by atoms with E-state index in [4.69, 9.17) is 0 Å². The normalized spacial score (nSPS) is 11.8. The highest BCUT2D eigenvalue weighted by Gasteiger charge is 2.17. The van der Waals surface area contributed by atoms with Gasteiger partial charge in [0.1, 0.15) is 11.2 Å². The minimum atomic E-state index is -0.171. The second-order valence-electron chi connectivity index (χ2n) is 3.89. The van der Waals surface area contributed by atoms with Crippen LogP contribution < -0.4 is 5.56 Å². The first kappa shape index (κ1) is 14.3. The van der Waals surface area contributed by atoms with Gasteiger partial charge in [-0.1, -0.05) is 17.8 Å². The summed E-state index contributed by atoms with van der Waals surface area (Å²) < 4.78 is 3.16. The third kappa shape index (κ3) is 2.20. The maximum atomic E-state index is 12.4. The van der Waals surface area contributed by atoms with E-state index in [-0.39, 0.29) is 5.56 Å². The number of aliphatic imine (C=N–C) groups is 1. The van der Waals surface area contributed by atoms with E-state index in [0.29, 0.717) is 28.6 Å². The van der Waals surface area contributed by atoms with E-state index in [9.17, 15) is 4.79 Å². The number of hydrogen-bond acceptors (Lipinski definition) is 5. The number of hydrogen-bond donors (Lipinski definition) is 0. The van der Waals surface area contributed by atoms with Crippen molar-refractivity contribution in [1.29, 1.82) is 0 Å². The van der Waals surface area contributed by atoms with Crippen LogP contribution in [0.5, 0.6) is 0 Å². The highest BCUT2D eigenvalue weighted by Crippen LogP contribution is 2.17. The molecule has 0 aromatic carbocycles. The standard InChI is InChI=1S/C13H15N5OS/c1-5-7-17-12(19)9-8-15-13(20-4)16-11(9)18(17)10(6-2)14-3/h5-6,8H,1,3,7H2,2,4H3/b10-6+. The number of allylic oxidation sites excluding steroid dienone is 2. The molecule has 0 aliphatic rings. The second kappa shape index (κ2) is 5.87. The second-order valence-corrected chi connectivity index (χ2v) is 4.66. The molecule has 0 unspecified atom stereocenters. The van der Waals surface area contributed by atoms with Crippen LogP contribution in [0.15, 0.2) is 39.9 Å². The van der Waals surface area contributed by atoms with Gasteiger partial charge in [0, 0.05) is 6.20 Å². The average Bonchev–Trinajstić information content (AvgIpc) is 2.74. The van der Waals surface area contributed by atoms with E-state index in [1.807, 2.05) is 13.2 Å². The monoisotopic (exact) mass is 289 g/mol. The van der Waals surface area contributed by atoms with Crippen LogP contribution in [-0.2, 0) is 6.54 Å². The van der Waals surface area contributed by atoms with Gasteiger partial charge >= 0.3 is 0 Å². The van der Waals surface area contributed by atoms with Gasteiger partial charge in [-0.3, -0.25) is 4.79 Å². The predicted octanol–water partition coefficient (Wildman–Crippen LogP) is 2.02. The van der Waals surface area contributed by atoms with Gasteiger partial charge in [0.15, 0.2) is 10.8 Å². The van der Waals surface area contributed by atoms with Crippen molar-refractivity contribution in [3.05, 3.63) is 35.3 Å². The summed E-state index contributed by atoms with van der Waals surface area (Å²) in [5.74, 6) is 0.546. The lowest BCUT2D eigenvalue weighted by Crippen LogP contribution is -2.21. The molecule has 2 rings (SSSR count). The van der Waals surface area contributed by atoms with E-state index in [1.165, 1.54) is 16.4 Å². The lowest BCUT2D eigenvalue weighted by Gasteiger charge is -2.10. The van der Waals surface area contributed by atoms with Gasteiger partial charge in [0.05, 0.1) is 6.54 Å². The quantitative estimate of drug-likeness (QED) is 0.365. The molecule has 0 atom stereocenters. The Balaban J connectivity index is 2.91. The summed E-state index contributed by atoms with van der Waals surface area (Å²) in [6, 6.07) is 0. The number of aromatic nitrogens is 4. The molecule has 2 aromatic heterocycles. The summed E-state index contributed by atoms with van der Waals surface area (Å²) in [4.78, 5) is 24.9. The van der Waals surface area contributed by atoms with Gasteiger partial charge in [-0.05, 0) is 26.0 Å². The lowest BCUT2D eigenvalue weighted by molar-refractivity contribution is 0.609. The molecule has 0 aliphatic carbocycles. The van der Waals surface area contributed by atoms with Gasteiger partial charge in [0.2, 0.25) is 0 Å². The van der Waals surface area contributed by atoms with Crippen molar-refractivity contribution in [3.8, 4) is 0 Å². The van der Waals surface area contributed by atoms with E-state index in [0.717, 1.165) is 0 Å². The maximum Gasteiger partial charge on any atom is 0.278 e. The van der Waals surface area contributed by atoms with E-state index in [2.05, 4.69) is 28.3 Å². The predicted molar refractivity (Wildman–Crippen MR) is 83.3 cm³/mol. The summed E-state index contributed by atoms with van der Waals surface area (Å²) in [6.07, 6.45) is 6.85. The van der Waals surface area contributed by atoms with Gasteiger partial charge in [0.25, 0.3) is 5.56 Å². The Labute approximate surface area is 120 Å². The van der Waals surface area contributed by atoms with Crippen LogP contribution in [0.4, 0.5) is 0 Å². The Morgan fingerprint density at radius 3 is 2.90 bits per heavy atom. The molecule has 20 heavy (non-hydrogen) atoms. The molecule has 0 amide bonds. The van der Waals surface area contributed by atoms with Crippen molar-refractivity contribution in [3.63, 3.8) is 0 Å². The maximum absolute atomic E-state index is 12.4. The summed E-state index contributed by atoms with van der Waals surface area (Å²) >= 11 is 1.42. The smallest absolute Gasteiger partial charge is 0.267 e. The van der Waals surface area contributed by atoms with E-state index < -0.39 is 0 Å². The average molecular weight is 289 g/mol. The van der Waals surface area contributed by atoms with Crippen LogP contribution in [0.25, 0.3) is 16.9 Å². The Morgan fingerprint density at radius 2 is 2.35 bits per heavy atom. The third-order valence-electron chi connectivity index (χ3n) is 2.78. The third-order valence-corrected chi connectivity index (χ3v) is 3.34. The fourth-order valence-corrected chi connectivity index (χ4v) is 2.25. The molecule has 2 aromatic rings. The molecule has 0 N–H and O–H groups in total. The van der Waals surface area contributed by atoms with Crippen molar-refractivity contribution in [2.45, 2.75) is 18.6 Å². The van der Waals surface area contributed by atoms with Crippen LogP contribution in [0.2, 0.25) is 0 Å². The summed E-state index contributed by atoms with van der Waals surface area (Å²) in [5.41, 5.74) is 0.354. The molecule has 7 heteroatoms. The molecular formula is C13H15N5OS. The van der Waals surface area contributed by atoms with Gasteiger partial charge < -0.3 is 0 Å². The first-order valence-corrected chi connectivity index (χ1v) is 7.17. The fourth-order valence-electron chi connectivity index (χ4n) is 1.91. The van der Waals surface area contributed by atoms with Crippen LogP contribution >= 0.6 is 11.8 Å². The van der Waals surface area contributed by atoms with Crippen LogP contribution in [0.1, 0.15) is 6.92 Å². The van der Waals surface area contributed by atoms with Crippen molar-refractivity contribution in [2.75, 3.05) is 6.26 Å². The zero-order valence-corrected chi connectivity index (χ0v) is 12.2. The van der Waals surface area contributed by atoms with Crippen LogP contribution in [0, 0.1) is 0 Å². The van der Waals surface area contributed by atoms with Gasteiger partial charge in [-0.15, -0.1) is 6.58 Å². The Morgan fingerprint density at radius 1 is 1.60 bits per heavy atom. The molecule has 104 valence electrons. The molecule has 2 heterocycles. The molecule has 0 aliphatic heterocycles. The summed E-state index contributed by atoms with van der Waals surface area (Å²) in [6.45, 7) is 9.40. The van der Waals surface area contributed by atoms with Crippen molar-refractivity contribution in [2.24, 2.45) is 4.99 Å². The number of fused-ring (bicyclic) bond motifs is 1. The lowest BCUT2D eigenvalue weighted by atomic mass is 10.4. The largest absolute Gasteiger partial charge is 0.278 e. The molecule has 0 saturated carbocycles. The molecule has 0 spiro atoms. The topological polar surface area (TPSA) is 65.1 Å². The number of nitrogens with zero attached hydrogens (tertiary/aromatic N) is 5. The highest BCUT2D eigenvalue weighted by atomic mass is 32.2. The first-order valence-electron chi connectivity index (χ1n) is 5.94. The highest BCUT2D eigenvalue weighted by molar-refractivity contribution is 7.98. The molecule has 0 radical (unpaired) electrons. The SMILES string of the molecule is C=CCn1c(=O)c2cnc(SC)nc2n1/C(=C/C)N=C. The zero-order chi connectivity index (χ0) is 14.7. The van der Waals surface area contributed by atoms with Crippen molar-refractivity contribution >= 4 is 35.3 Å².